The van der Waals surface area contributed by atoms with Crippen LogP contribution in [0.25, 0.3) is 11.3 Å². The van der Waals surface area contributed by atoms with Crippen LogP contribution in [0.5, 0.6) is 0 Å². The molecule has 0 bridgehead atoms. The van der Waals surface area contributed by atoms with Crippen LogP contribution in [-0.4, -0.2) is 16.0 Å². The molecule has 1 N–H and O–H groups in total. The van der Waals surface area contributed by atoms with E-state index in [4.69, 9.17) is 4.52 Å². The van der Waals surface area contributed by atoms with Crippen molar-refractivity contribution < 1.29 is 18.1 Å². The average Bonchev–Trinajstić information content (AvgIpc) is 2.96. The highest BCUT2D eigenvalue weighted by Gasteiger charge is 2.14. The summed E-state index contributed by atoms with van der Waals surface area (Å²) < 4.78 is 31.6. The Bertz CT molecular complexity index is 834. The number of carbonyl (C=O) groups is 1. The Morgan fingerprint density at radius 1 is 1.13 bits per heavy atom. The molecule has 0 atom stereocenters. The maximum atomic E-state index is 13.7. The van der Waals surface area contributed by atoms with Crippen LogP contribution < -0.4 is 5.32 Å². The number of carbonyl (C=O) groups excluding carboxylic acids is 1. The molecule has 0 aliphatic heterocycles. The summed E-state index contributed by atoms with van der Waals surface area (Å²) in [6.07, 6.45) is 3.08. The first-order valence-electron chi connectivity index (χ1n) is 6.73. The van der Waals surface area contributed by atoms with Gasteiger partial charge in [0.15, 0.2) is 5.76 Å². The van der Waals surface area contributed by atoms with Gasteiger partial charge in [-0.05, 0) is 24.3 Å². The average molecular weight is 315 g/mol. The first-order chi connectivity index (χ1) is 11.1. The number of pyridine rings is 1. The summed E-state index contributed by atoms with van der Waals surface area (Å²) in [5, 5.41) is 6.40. The van der Waals surface area contributed by atoms with Crippen LogP contribution in [0.15, 0.2) is 53.3 Å². The quantitative estimate of drug-likeness (QED) is 0.803. The highest BCUT2D eigenvalue weighted by Crippen LogP contribution is 2.24. The summed E-state index contributed by atoms with van der Waals surface area (Å²) in [6.45, 7) is 0. The number of amides is 1. The molecule has 0 fully saturated rings. The molecule has 1 aromatic carbocycles. The molecule has 2 aromatic heterocycles. The molecule has 0 saturated heterocycles. The van der Waals surface area contributed by atoms with Gasteiger partial charge in [-0.25, -0.2) is 8.78 Å². The Morgan fingerprint density at radius 3 is 2.65 bits per heavy atom. The lowest BCUT2D eigenvalue weighted by molar-refractivity contribution is -0.115. The van der Waals surface area contributed by atoms with Crippen molar-refractivity contribution in [3.8, 4) is 11.3 Å². The van der Waals surface area contributed by atoms with Gasteiger partial charge in [0, 0.05) is 30.2 Å². The van der Waals surface area contributed by atoms with Crippen molar-refractivity contribution in [2.75, 3.05) is 5.32 Å². The predicted molar refractivity (Wildman–Crippen MR) is 78.4 cm³/mol. The molecule has 1 amide bonds. The number of hydrogen-bond acceptors (Lipinski definition) is 4. The van der Waals surface area contributed by atoms with Crippen LogP contribution >= 0.6 is 0 Å². The van der Waals surface area contributed by atoms with Crippen molar-refractivity contribution in [2.45, 2.75) is 6.42 Å². The molecule has 0 spiro atoms. The summed E-state index contributed by atoms with van der Waals surface area (Å²) in [5.41, 5.74) is 1.04. The van der Waals surface area contributed by atoms with Crippen LogP contribution in [0, 0.1) is 11.6 Å². The number of rotatable bonds is 4. The molecule has 3 aromatic rings. The van der Waals surface area contributed by atoms with Crippen molar-refractivity contribution in [1.29, 1.82) is 0 Å². The summed E-state index contributed by atoms with van der Waals surface area (Å²) >= 11 is 0. The third-order valence-corrected chi connectivity index (χ3v) is 3.06. The normalized spacial score (nSPS) is 10.5. The van der Waals surface area contributed by atoms with E-state index in [1.807, 2.05) is 0 Å². The zero-order valence-corrected chi connectivity index (χ0v) is 11.8. The third kappa shape index (κ3) is 3.57. The van der Waals surface area contributed by atoms with E-state index < -0.39 is 11.6 Å². The maximum Gasteiger partial charge on any atom is 0.230 e. The summed E-state index contributed by atoms with van der Waals surface area (Å²) in [7, 11) is 0. The van der Waals surface area contributed by atoms with Gasteiger partial charge in [-0.1, -0.05) is 5.16 Å². The lowest BCUT2D eigenvalue weighted by Gasteiger charge is -2.02. The molecule has 0 saturated carbocycles. The number of nitrogens with one attached hydrogen (secondary N) is 1. The van der Waals surface area contributed by atoms with Gasteiger partial charge >= 0.3 is 0 Å². The standard InChI is InChI=1S/C16H11F2N3O2/c17-10-1-2-13(14(18)7-10)15-8-12(21-23-15)9-16(22)20-11-3-5-19-6-4-11/h1-8H,9H2,(H,19,20,22). The van der Waals surface area contributed by atoms with Crippen molar-refractivity contribution >= 4 is 11.6 Å². The highest BCUT2D eigenvalue weighted by atomic mass is 19.1. The second-order valence-electron chi connectivity index (χ2n) is 4.77. The molecule has 0 aliphatic carbocycles. The molecule has 0 unspecified atom stereocenters. The molecular formula is C16H11F2N3O2. The Morgan fingerprint density at radius 2 is 1.91 bits per heavy atom. The molecular weight excluding hydrogens is 304 g/mol. The van der Waals surface area contributed by atoms with Crippen molar-refractivity contribution in [3.05, 3.63) is 66.1 Å². The number of hydrogen-bond donors (Lipinski definition) is 1. The van der Waals surface area contributed by atoms with Gasteiger partial charge in [0.2, 0.25) is 5.91 Å². The monoisotopic (exact) mass is 315 g/mol. The molecule has 5 nitrogen and oxygen atoms in total. The van der Waals surface area contributed by atoms with Gasteiger partial charge < -0.3 is 9.84 Å². The largest absolute Gasteiger partial charge is 0.356 e. The van der Waals surface area contributed by atoms with Crippen molar-refractivity contribution in [3.63, 3.8) is 0 Å². The number of benzene rings is 1. The second kappa shape index (κ2) is 6.35. The Labute approximate surface area is 130 Å². The highest BCUT2D eigenvalue weighted by molar-refractivity contribution is 5.92. The Balaban J connectivity index is 1.71. The van der Waals surface area contributed by atoms with Gasteiger partial charge in [-0.2, -0.15) is 0 Å². The van der Waals surface area contributed by atoms with Gasteiger partial charge in [0.25, 0.3) is 0 Å². The van der Waals surface area contributed by atoms with E-state index in [2.05, 4.69) is 15.5 Å². The fourth-order valence-electron chi connectivity index (χ4n) is 2.02. The minimum Gasteiger partial charge on any atom is -0.356 e. The van der Waals surface area contributed by atoms with Gasteiger partial charge in [0.05, 0.1) is 17.7 Å². The first-order valence-corrected chi connectivity index (χ1v) is 6.73. The summed E-state index contributed by atoms with van der Waals surface area (Å²) in [5.74, 6) is -1.60. The van der Waals surface area contributed by atoms with E-state index in [0.717, 1.165) is 12.1 Å². The van der Waals surface area contributed by atoms with Gasteiger partial charge in [-0.15, -0.1) is 0 Å². The third-order valence-electron chi connectivity index (χ3n) is 3.06. The smallest absolute Gasteiger partial charge is 0.230 e. The lowest BCUT2D eigenvalue weighted by atomic mass is 10.1. The van der Waals surface area contributed by atoms with Gasteiger partial charge in [0.1, 0.15) is 11.6 Å². The molecule has 7 heteroatoms. The van der Waals surface area contributed by atoms with E-state index in [-0.39, 0.29) is 23.7 Å². The van der Waals surface area contributed by atoms with Crippen LogP contribution in [0.4, 0.5) is 14.5 Å². The SMILES string of the molecule is O=C(Cc1cc(-c2ccc(F)cc2F)on1)Nc1ccncc1. The first kappa shape index (κ1) is 14.8. The zero-order valence-electron chi connectivity index (χ0n) is 11.8. The van der Waals surface area contributed by atoms with Crippen LogP contribution in [-0.2, 0) is 11.2 Å². The Hall–Kier alpha value is -3.09. The molecule has 2 heterocycles. The van der Waals surface area contributed by atoms with Crippen LogP contribution in [0.1, 0.15) is 5.69 Å². The number of aromatic nitrogens is 2. The topological polar surface area (TPSA) is 68.0 Å². The van der Waals surface area contributed by atoms with Crippen LogP contribution in [0.2, 0.25) is 0 Å². The molecule has 116 valence electrons. The van der Waals surface area contributed by atoms with E-state index in [1.165, 1.54) is 12.1 Å². The number of anilines is 1. The Kier molecular flexibility index (Phi) is 4.09. The zero-order chi connectivity index (χ0) is 16.2. The summed E-state index contributed by atoms with van der Waals surface area (Å²) in [4.78, 5) is 15.7. The number of nitrogens with zero attached hydrogens (tertiary/aromatic N) is 2. The minimum atomic E-state index is -0.756. The lowest BCUT2D eigenvalue weighted by Crippen LogP contribution is -2.14. The van der Waals surface area contributed by atoms with Crippen LogP contribution in [0.3, 0.4) is 0 Å². The fourth-order valence-corrected chi connectivity index (χ4v) is 2.02. The van der Waals surface area contributed by atoms with Gasteiger partial charge in [-0.3, -0.25) is 9.78 Å². The summed E-state index contributed by atoms with van der Waals surface area (Å²) in [6, 6.07) is 7.89. The van der Waals surface area contributed by atoms with Crippen molar-refractivity contribution in [2.24, 2.45) is 0 Å². The van der Waals surface area contributed by atoms with E-state index in [0.29, 0.717) is 11.4 Å². The number of halogens is 2. The van der Waals surface area contributed by atoms with E-state index >= 15 is 0 Å². The van der Waals surface area contributed by atoms with E-state index in [1.54, 1.807) is 24.5 Å². The molecule has 23 heavy (non-hydrogen) atoms. The minimum absolute atomic E-state index is 0.0331. The van der Waals surface area contributed by atoms with E-state index in [9.17, 15) is 13.6 Å². The molecule has 0 aliphatic rings. The molecule has 0 radical (unpaired) electrons. The predicted octanol–water partition coefficient (Wildman–Crippen LogP) is 3.20. The second-order valence-corrected chi connectivity index (χ2v) is 4.77. The fraction of sp³-hybridized carbons (Fsp3) is 0.0625. The van der Waals surface area contributed by atoms with Crippen molar-refractivity contribution in [1.82, 2.24) is 10.1 Å². The maximum absolute atomic E-state index is 13.7. The molecule has 3 rings (SSSR count).